The van der Waals surface area contributed by atoms with Crippen molar-refractivity contribution in [3.8, 4) is 28.0 Å². The fraction of sp³-hybridized carbons (Fsp3) is 0.0435. The SMILES string of the molecule is COc1ccc(-c2ccc(Br)c3ccccc23)c(-c2ccccc2)c1. The number of ether oxygens (including phenoxy) is 1. The van der Waals surface area contributed by atoms with Crippen LogP contribution in [0.3, 0.4) is 0 Å². The molecule has 0 N–H and O–H groups in total. The van der Waals surface area contributed by atoms with Crippen molar-refractivity contribution in [3.63, 3.8) is 0 Å². The highest BCUT2D eigenvalue weighted by Gasteiger charge is 2.12. The van der Waals surface area contributed by atoms with Gasteiger partial charge in [0.2, 0.25) is 0 Å². The van der Waals surface area contributed by atoms with E-state index in [1.54, 1.807) is 7.11 Å². The predicted molar refractivity (Wildman–Crippen MR) is 109 cm³/mol. The van der Waals surface area contributed by atoms with Gasteiger partial charge < -0.3 is 4.74 Å². The molecule has 0 amide bonds. The molecule has 4 rings (SSSR count). The van der Waals surface area contributed by atoms with Crippen LogP contribution in [0.25, 0.3) is 33.0 Å². The number of fused-ring (bicyclic) bond motifs is 1. The van der Waals surface area contributed by atoms with Crippen LogP contribution in [0.5, 0.6) is 5.75 Å². The summed E-state index contributed by atoms with van der Waals surface area (Å²) in [5.74, 6) is 0.865. The zero-order valence-electron chi connectivity index (χ0n) is 13.9. The number of halogens is 1. The molecule has 0 radical (unpaired) electrons. The van der Waals surface area contributed by atoms with Gasteiger partial charge in [0, 0.05) is 4.47 Å². The first kappa shape index (κ1) is 15.9. The maximum absolute atomic E-state index is 5.47. The maximum atomic E-state index is 5.47. The minimum atomic E-state index is 0.865. The molecule has 122 valence electrons. The summed E-state index contributed by atoms with van der Waals surface area (Å²) in [5.41, 5.74) is 4.78. The van der Waals surface area contributed by atoms with Crippen LogP contribution in [0.15, 0.2) is 89.4 Å². The molecule has 4 aromatic carbocycles. The monoisotopic (exact) mass is 388 g/mol. The van der Waals surface area contributed by atoms with E-state index in [-0.39, 0.29) is 0 Å². The van der Waals surface area contributed by atoms with E-state index in [9.17, 15) is 0 Å². The van der Waals surface area contributed by atoms with Gasteiger partial charge in [0.05, 0.1) is 7.11 Å². The van der Waals surface area contributed by atoms with Crippen LogP contribution in [0.4, 0.5) is 0 Å². The average Bonchev–Trinajstić information content (AvgIpc) is 2.69. The third kappa shape index (κ3) is 2.94. The van der Waals surface area contributed by atoms with E-state index in [4.69, 9.17) is 4.74 Å². The lowest BCUT2D eigenvalue weighted by molar-refractivity contribution is 0.415. The van der Waals surface area contributed by atoms with Crippen LogP contribution >= 0.6 is 15.9 Å². The fourth-order valence-electron chi connectivity index (χ4n) is 3.24. The van der Waals surface area contributed by atoms with Crippen molar-refractivity contribution in [2.45, 2.75) is 0 Å². The standard InChI is InChI=1S/C23H17BrO/c1-25-17-11-12-20(22(15-17)16-7-3-2-4-8-16)19-13-14-23(24)21-10-6-5-9-18(19)21/h2-15H,1H3. The van der Waals surface area contributed by atoms with E-state index in [0.717, 1.165) is 10.2 Å². The lowest BCUT2D eigenvalue weighted by Crippen LogP contribution is -1.90. The van der Waals surface area contributed by atoms with Crippen LogP contribution in [0.2, 0.25) is 0 Å². The Morgan fingerprint density at radius 1 is 0.640 bits per heavy atom. The Labute approximate surface area is 156 Å². The molecular formula is C23H17BrO. The number of methoxy groups -OCH3 is 1. The van der Waals surface area contributed by atoms with E-state index < -0.39 is 0 Å². The second-order valence-corrected chi connectivity index (χ2v) is 6.77. The van der Waals surface area contributed by atoms with Gasteiger partial charge in [0.15, 0.2) is 0 Å². The molecule has 0 heterocycles. The topological polar surface area (TPSA) is 9.23 Å². The van der Waals surface area contributed by atoms with Crippen LogP contribution in [0, 0.1) is 0 Å². The van der Waals surface area contributed by atoms with Gasteiger partial charge in [0.25, 0.3) is 0 Å². The Balaban J connectivity index is 2.03. The minimum Gasteiger partial charge on any atom is -0.497 e. The minimum absolute atomic E-state index is 0.865. The molecule has 0 saturated carbocycles. The van der Waals surface area contributed by atoms with E-state index >= 15 is 0 Å². The molecule has 0 atom stereocenters. The van der Waals surface area contributed by atoms with Gasteiger partial charge in [-0.25, -0.2) is 0 Å². The number of benzene rings is 4. The van der Waals surface area contributed by atoms with Crippen LogP contribution in [0.1, 0.15) is 0 Å². The van der Waals surface area contributed by atoms with E-state index in [2.05, 4.69) is 88.7 Å². The number of hydrogen-bond acceptors (Lipinski definition) is 1. The Morgan fingerprint density at radius 2 is 1.32 bits per heavy atom. The molecule has 0 aliphatic rings. The molecule has 1 nitrogen and oxygen atoms in total. The Morgan fingerprint density at radius 3 is 2.08 bits per heavy atom. The van der Waals surface area contributed by atoms with Gasteiger partial charge in [-0.2, -0.15) is 0 Å². The molecule has 0 saturated heterocycles. The third-order valence-electron chi connectivity index (χ3n) is 4.47. The Kier molecular flexibility index (Phi) is 4.29. The highest BCUT2D eigenvalue weighted by atomic mass is 79.9. The highest BCUT2D eigenvalue weighted by molar-refractivity contribution is 9.10. The van der Waals surface area contributed by atoms with E-state index in [1.807, 2.05) is 12.1 Å². The van der Waals surface area contributed by atoms with Crippen molar-refractivity contribution >= 4 is 26.7 Å². The van der Waals surface area contributed by atoms with Gasteiger partial charge in [-0.1, -0.05) is 82.7 Å². The maximum Gasteiger partial charge on any atom is 0.119 e. The summed E-state index contributed by atoms with van der Waals surface area (Å²) >= 11 is 3.67. The quantitative estimate of drug-likeness (QED) is 0.369. The van der Waals surface area contributed by atoms with Crippen molar-refractivity contribution < 1.29 is 4.74 Å². The van der Waals surface area contributed by atoms with Crippen molar-refractivity contribution in [1.82, 2.24) is 0 Å². The summed E-state index contributed by atoms with van der Waals surface area (Å²) < 4.78 is 6.58. The first-order valence-corrected chi connectivity index (χ1v) is 8.98. The molecule has 0 bridgehead atoms. The second kappa shape index (κ2) is 6.73. The summed E-state index contributed by atoms with van der Waals surface area (Å²) in [6, 6.07) is 29.5. The smallest absolute Gasteiger partial charge is 0.119 e. The molecule has 0 spiro atoms. The predicted octanol–water partition coefficient (Wildman–Crippen LogP) is 6.94. The summed E-state index contributed by atoms with van der Waals surface area (Å²) in [4.78, 5) is 0. The molecule has 0 unspecified atom stereocenters. The van der Waals surface area contributed by atoms with Crippen LogP contribution < -0.4 is 4.74 Å². The van der Waals surface area contributed by atoms with Gasteiger partial charge in [0.1, 0.15) is 5.75 Å². The molecule has 2 heteroatoms. The molecule has 25 heavy (non-hydrogen) atoms. The zero-order chi connectivity index (χ0) is 17.2. The van der Waals surface area contributed by atoms with Gasteiger partial charge in [-0.05, 0) is 51.2 Å². The lowest BCUT2D eigenvalue weighted by Gasteiger charge is -2.15. The largest absolute Gasteiger partial charge is 0.497 e. The van der Waals surface area contributed by atoms with Crippen LogP contribution in [-0.4, -0.2) is 7.11 Å². The second-order valence-electron chi connectivity index (χ2n) is 5.92. The first-order valence-electron chi connectivity index (χ1n) is 8.19. The van der Waals surface area contributed by atoms with Crippen molar-refractivity contribution in [3.05, 3.63) is 89.4 Å². The van der Waals surface area contributed by atoms with Gasteiger partial charge >= 0.3 is 0 Å². The fourth-order valence-corrected chi connectivity index (χ4v) is 3.72. The van der Waals surface area contributed by atoms with Crippen molar-refractivity contribution in [2.75, 3.05) is 7.11 Å². The summed E-state index contributed by atoms with van der Waals surface area (Å²) in [6.45, 7) is 0. The summed E-state index contributed by atoms with van der Waals surface area (Å²) in [5, 5.41) is 2.45. The highest BCUT2D eigenvalue weighted by Crippen LogP contribution is 2.39. The normalized spacial score (nSPS) is 10.8. The zero-order valence-corrected chi connectivity index (χ0v) is 15.5. The number of hydrogen-bond donors (Lipinski definition) is 0. The van der Waals surface area contributed by atoms with E-state index in [1.165, 1.54) is 33.0 Å². The van der Waals surface area contributed by atoms with Crippen molar-refractivity contribution in [2.24, 2.45) is 0 Å². The lowest BCUT2D eigenvalue weighted by atomic mass is 9.91. The molecule has 0 aliphatic heterocycles. The van der Waals surface area contributed by atoms with Gasteiger partial charge in [-0.15, -0.1) is 0 Å². The molecule has 0 aliphatic carbocycles. The molecule has 0 fully saturated rings. The number of rotatable bonds is 3. The van der Waals surface area contributed by atoms with Crippen molar-refractivity contribution in [1.29, 1.82) is 0 Å². The molecule has 0 aromatic heterocycles. The Bertz CT molecular complexity index is 1040. The molecular weight excluding hydrogens is 372 g/mol. The Hall–Kier alpha value is -2.58. The van der Waals surface area contributed by atoms with Gasteiger partial charge in [-0.3, -0.25) is 0 Å². The summed E-state index contributed by atoms with van der Waals surface area (Å²) in [7, 11) is 1.71. The van der Waals surface area contributed by atoms with E-state index in [0.29, 0.717) is 0 Å². The first-order chi connectivity index (χ1) is 12.3. The average molecular weight is 389 g/mol. The molecule has 4 aromatic rings. The summed E-state index contributed by atoms with van der Waals surface area (Å²) in [6.07, 6.45) is 0. The van der Waals surface area contributed by atoms with Crippen LogP contribution in [-0.2, 0) is 0 Å². The third-order valence-corrected chi connectivity index (χ3v) is 5.16.